The van der Waals surface area contributed by atoms with E-state index in [9.17, 15) is 19.2 Å². The van der Waals surface area contributed by atoms with E-state index >= 15 is 0 Å². The molecule has 3 rings (SSSR count). The molecule has 174 valence electrons. The summed E-state index contributed by atoms with van der Waals surface area (Å²) in [4.78, 5) is 51.0. The molecule has 0 aromatic heterocycles. The van der Waals surface area contributed by atoms with Crippen molar-refractivity contribution in [3.8, 4) is 0 Å². The monoisotopic (exact) mass is 446 g/mol. The zero-order valence-corrected chi connectivity index (χ0v) is 18.2. The number of ketones is 1. The topological polar surface area (TPSA) is 129 Å². The third-order valence-corrected chi connectivity index (χ3v) is 5.40. The Kier molecular flexibility index (Phi) is 8.32. The number of benzene rings is 1. The molecule has 2 saturated heterocycles. The molecule has 0 radical (unpaired) electrons. The summed E-state index contributed by atoms with van der Waals surface area (Å²) in [7, 11) is 0. The molecular formula is C22H30N4O6. The number of Topliss-reactive ketones (excluding diaryl/α,β-unsaturated/α-hetero) is 1. The second-order valence-corrected chi connectivity index (χ2v) is 8.14. The number of morpholine rings is 1. The van der Waals surface area contributed by atoms with E-state index in [2.05, 4.69) is 16.0 Å². The van der Waals surface area contributed by atoms with E-state index in [1.54, 1.807) is 6.92 Å². The van der Waals surface area contributed by atoms with Gasteiger partial charge in [0, 0.05) is 13.1 Å². The van der Waals surface area contributed by atoms with E-state index in [4.69, 9.17) is 9.47 Å². The molecule has 1 aromatic rings. The second kappa shape index (κ2) is 11.2. The van der Waals surface area contributed by atoms with Crippen molar-refractivity contribution in [2.45, 2.75) is 25.0 Å². The second-order valence-electron chi connectivity index (χ2n) is 8.14. The maximum atomic E-state index is 12.8. The van der Waals surface area contributed by atoms with E-state index in [0.29, 0.717) is 39.3 Å². The fraction of sp³-hybridized carbons (Fsp3) is 0.545. The highest BCUT2D eigenvalue weighted by molar-refractivity contribution is 5.97. The summed E-state index contributed by atoms with van der Waals surface area (Å²) in [5, 5.41) is 7.70. The Morgan fingerprint density at radius 2 is 1.62 bits per heavy atom. The van der Waals surface area contributed by atoms with E-state index in [1.165, 1.54) is 0 Å². The first-order chi connectivity index (χ1) is 15.4. The van der Waals surface area contributed by atoms with Crippen molar-refractivity contribution in [1.29, 1.82) is 0 Å². The number of ether oxygens (including phenoxy) is 2. The van der Waals surface area contributed by atoms with Gasteiger partial charge < -0.3 is 25.4 Å². The van der Waals surface area contributed by atoms with Gasteiger partial charge in [-0.3, -0.25) is 24.1 Å². The molecule has 32 heavy (non-hydrogen) atoms. The average molecular weight is 447 g/mol. The van der Waals surface area contributed by atoms with Gasteiger partial charge in [0.15, 0.2) is 5.78 Å². The first-order valence-corrected chi connectivity index (χ1v) is 10.7. The van der Waals surface area contributed by atoms with Gasteiger partial charge in [0.05, 0.1) is 45.5 Å². The first-order valence-electron chi connectivity index (χ1n) is 10.7. The summed E-state index contributed by atoms with van der Waals surface area (Å²) < 4.78 is 10.5. The largest absolute Gasteiger partial charge is 0.379 e. The summed E-state index contributed by atoms with van der Waals surface area (Å²) in [5.41, 5.74) is 0.0307. The van der Waals surface area contributed by atoms with E-state index in [-0.39, 0.29) is 31.3 Å². The summed E-state index contributed by atoms with van der Waals surface area (Å²) in [6.07, 6.45) is 0.329. The van der Waals surface area contributed by atoms with Crippen molar-refractivity contribution in [2.24, 2.45) is 0 Å². The molecule has 0 bridgehead atoms. The van der Waals surface area contributed by atoms with Crippen LogP contribution in [0, 0.1) is 0 Å². The maximum absolute atomic E-state index is 12.8. The van der Waals surface area contributed by atoms with Gasteiger partial charge in [0.25, 0.3) is 0 Å². The third kappa shape index (κ3) is 7.40. The van der Waals surface area contributed by atoms with Crippen LogP contribution in [0.15, 0.2) is 30.3 Å². The van der Waals surface area contributed by atoms with Gasteiger partial charge in [-0.25, -0.2) is 0 Å². The number of amides is 3. The molecule has 0 spiro atoms. The first kappa shape index (κ1) is 23.8. The Morgan fingerprint density at radius 1 is 1.00 bits per heavy atom. The number of rotatable bonds is 11. The van der Waals surface area contributed by atoms with Crippen molar-refractivity contribution < 1.29 is 28.7 Å². The van der Waals surface area contributed by atoms with Crippen molar-refractivity contribution in [1.82, 2.24) is 20.9 Å². The van der Waals surface area contributed by atoms with Crippen LogP contribution in [0.2, 0.25) is 0 Å². The molecular weight excluding hydrogens is 416 g/mol. The van der Waals surface area contributed by atoms with Crippen LogP contribution in [0.1, 0.15) is 12.5 Å². The molecule has 1 unspecified atom stereocenters. The zero-order chi connectivity index (χ0) is 23.0. The van der Waals surface area contributed by atoms with Crippen LogP contribution in [0.5, 0.6) is 0 Å². The summed E-state index contributed by atoms with van der Waals surface area (Å²) in [6, 6.07) is 8.60. The Labute approximate surface area is 187 Å². The van der Waals surface area contributed by atoms with Gasteiger partial charge in [-0.05, 0) is 18.9 Å². The molecule has 2 heterocycles. The van der Waals surface area contributed by atoms with Crippen LogP contribution in [-0.2, 0) is 35.1 Å². The van der Waals surface area contributed by atoms with E-state index < -0.39 is 23.5 Å². The maximum Gasteiger partial charge on any atom is 0.239 e. The number of epoxide rings is 1. The van der Waals surface area contributed by atoms with Crippen molar-refractivity contribution in [3.05, 3.63) is 35.9 Å². The number of nitrogens with one attached hydrogen (secondary N) is 3. The van der Waals surface area contributed by atoms with Crippen molar-refractivity contribution in [3.63, 3.8) is 0 Å². The normalized spacial score (nSPS) is 21.3. The predicted octanol–water partition coefficient (Wildman–Crippen LogP) is -1.36. The highest BCUT2D eigenvalue weighted by Crippen LogP contribution is 2.29. The lowest BCUT2D eigenvalue weighted by Crippen LogP contribution is -2.51. The van der Waals surface area contributed by atoms with Gasteiger partial charge in [0.1, 0.15) is 5.60 Å². The standard InChI is InChI=1S/C22H30N4O6/c1-22(15-32-22)21(30)17(11-16-5-3-2-4-6-16)25-19(28)13-23-18(27)12-24-20(29)14-26-7-9-31-10-8-26/h2-6,17H,7-15H2,1H3,(H,23,27)(H,24,29)(H,25,28)/t17?,22-/m1/s1. The Balaban J connectivity index is 1.41. The highest BCUT2D eigenvalue weighted by atomic mass is 16.6. The van der Waals surface area contributed by atoms with Crippen LogP contribution < -0.4 is 16.0 Å². The smallest absolute Gasteiger partial charge is 0.239 e. The third-order valence-electron chi connectivity index (χ3n) is 5.40. The minimum absolute atomic E-state index is 0.196. The van der Waals surface area contributed by atoms with Crippen molar-refractivity contribution >= 4 is 23.5 Å². The van der Waals surface area contributed by atoms with Gasteiger partial charge in [-0.15, -0.1) is 0 Å². The number of carbonyl (C=O) groups is 4. The lowest BCUT2D eigenvalue weighted by atomic mass is 9.95. The fourth-order valence-electron chi connectivity index (χ4n) is 3.36. The summed E-state index contributed by atoms with van der Waals surface area (Å²) in [5.74, 6) is -1.44. The molecule has 0 aliphatic carbocycles. The van der Waals surface area contributed by atoms with Gasteiger partial charge in [-0.2, -0.15) is 0 Å². The SMILES string of the molecule is C[C@]1(C(=O)C(Cc2ccccc2)NC(=O)CNC(=O)CNC(=O)CN2CCOCC2)CO1. The molecule has 3 amide bonds. The zero-order valence-electron chi connectivity index (χ0n) is 18.2. The lowest BCUT2D eigenvalue weighted by molar-refractivity contribution is -0.131. The number of hydrogen-bond donors (Lipinski definition) is 3. The number of hydrogen-bond acceptors (Lipinski definition) is 7. The molecule has 10 heteroatoms. The lowest BCUT2D eigenvalue weighted by Gasteiger charge is -2.25. The fourth-order valence-corrected chi connectivity index (χ4v) is 3.36. The summed E-state index contributed by atoms with van der Waals surface area (Å²) in [6.45, 7) is 4.21. The Bertz CT molecular complexity index is 821. The molecule has 2 aliphatic heterocycles. The quantitative estimate of drug-likeness (QED) is 0.358. The molecule has 0 saturated carbocycles. The van der Waals surface area contributed by atoms with Crippen LogP contribution >= 0.6 is 0 Å². The van der Waals surface area contributed by atoms with Gasteiger partial charge in [-0.1, -0.05) is 30.3 Å². The number of carbonyl (C=O) groups excluding carboxylic acids is 4. The molecule has 2 aliphatic rings. The van der Waals surface area contributed by atoms with Crippen molar-refractivity contribution in [2.75, 3.05) is 52.5 Å². The number of nitrogens with zero attached hydrogens (tertiary/aromatic N) is 1. The predicted molar refractivity (Wildman–Crippen MR) is 115 cm³/mol. The minimum atomic E-state index is -0.874. The summed E-state index contributed by atoms with van der Waals surface area (Å²) >= 11 is 0. The van der Waals surface area contributed by atoms with E-state index in [1.807, 2.05) is 35.2 Å². The van der Waals surface area contributed by atoms with Crippen LogP contribution in [0.25, 0.3) is 0 Å². The van der Waals surface area contributed by atoms with Crippen LogP contribution in [0.4, 0.5) is 0 Å². The highest BCUT2D eigenvalue weighted by Gasteiger charge is 2.50. The van der Waals surface area contributed by atoms with Crippen LogP contribution in [0.3, 0.4) is 0 Å². The van der Waals surface area contributed by atoms with Gasteiger partial charge >= 0.3 is 0 Å². The Hall–Kier alpha value is -2.82. The van der Waals surface area contributed by atoms with Crippen LogP contribution in [-0.4, -0.2) is 92.6 Å². The van der Waals surface area contributed by atoms with E-state index in [0.717, 1.165) is 5.56 Å². The molecule has 10 nitrogen and oxygen atoms in total. The molecule has 3 N–H and O–H groups in total. The molecule has 2 fully saturated rings. The molecule has 1 aromatic carbocycles. The molecule has 2 atom stereocenters. The Morgan fingerprint density at radius 3 is 2.28 bits per heavy atom. The average Bonchev–Trinajstić information content (AvgIpc) is 3.55. The van der Waals surface area contributed by atoms with Gasteiger partial charge in [0.2, 0.25) is 17.7 Å². The minimum Gasteiger partial charge on any atom is -0.379 e.